The number of primary amides is 2. The van der Waals surface area contributed by atoms with Gasteiger partial charge in [-0.3, -0.25) is 4.79 Å². The number of nitrogens with two attached hydrogens (primary N) is 2. The van der Waals surface area contributed by atoms with E-state index in [0.29, 0.717) is 29.6 Å². The van der Waals surface area contributed by atoms with E-state index in [-0.39, 0.29) is 17.2 Å². The number of aliphatic hydroxyl groups is 1. The zero-order chi connectivity index (χ0) is 30.9. The molecule has 0 fully saturated rings. The van der Waals surface area contributed by atoms with E-state index in [1.165, 1.54) is 26.4 Å². The molecule has 226 valence electrons. The Morgan fingerprint density at radius 1 is 0.976 bits per heavy atom. The highest BCUT2D eigenvalue weighted by Crippen LogP contribution is 2.32. The van der Waals surface area contributed by atoms with Crippen molar-refractivity contribution in [2.45, 2.75) is 65.0 Å². The first kappa shape index (κ1) is 33.2. The molecule has 0 saturated carbocycles. The van der Waals surface area contributed by atoms with Crippen LogP contribution in [0.2, 0.25) is 0 Å². The molecule has 3 amide bonds. The largest absolute Gasteiger partial charge is 0.508 e. The van der Waals surface area contributed by atoms with Crippen LogP contribution in [0.5, 0.6) is 5.75 Å². The van der Waals surface area contributed by atoms with Gasteiger partial charge in [-0.2, -0.15) is 0 Å². The Kier molecular flexibility index (Phi) is 12.2. The molecular formula is C29H41N3O9. The predicted molar refractivity (Wildman–Crippen MR) is 152 cm³/mol. The van der Waals surface area contributed by atoms with Crippen molar-refractivity contribution < 1.29 is 43.5 Å². The van der Waals surface area contributed by atoms with Crippen LogP contribution in [0.3, 0.4) is 0 Å². The number of nitrogens with one attached hydrogen (secondary N) is 1. The molecule has 12 heteroatoms. The third kappa shape index (κ3) is 9.54. The van der Waals surface area contributed by atoms with Crippen molar-refractivity contribution in [3.63, 3.8) is 0 Å². The second-order valence-electron chi connectivity index (χ2n) is 10.1. The lowest BCUT2D eigenvalue weighted by Crippen LogP contribution is -2.36. The Hall–Kier alpha value is -4.03. The number of fused-ring (bicyclic) bond motifs is 2. The topological polar surface area (TPSA) is 193 Å². The highest BCUT2D eigenvalue weighted by Gasteiger charge is 2.31. The molecule has 1 aliphatic heterocycles. The van der Waals surface area contributed by atoms with Crippen molar-refractivity contribution in [2.24, 2.45) is 23.3 Å². The maximum atomic E-state index is 12.8. The lowest BCUT2D eigenvalue weighted by Gasteiger charge is -2.29. The number of benzene rings is 1. The number of aromatic hydroxyl groups is 1. The Morgan fingerprint density at radius 2 is 1.61 bits per heavy atom. The third-order valence-corrected chi connectivity index (χ3v) is 6.82. The number of amides is 3. The molecule has 12 nitrogen and oxygen atoms in total. The van der Waals surface area contributed by atoms with E-state index in [1.807, 2.05) is 0 Å². The van der Waals surface area contributed by atoms with Gasteiger partial charge in [0.25, 0.3) is 5.91 Å². The van der Waals surface area contributed by atoms with Crippen LogP contribution >= 0.6 is 0 Å². The number of ether oxygens (including phenoxy) is 4. The summed E-state index contributed by atoms with van der Waals surface area (Å²) in [4.78, 5) is 36.5. The number of aliphatic hydroxyl groups excluding tert-OH is 1. The second kappa shape index (κ2) is 15.1. The second-order valence-corrected chi connectivity index (χ2v) is 10.1. The summed E-state index contributed by atoms with van der Waals surface area (Å²) < 4.78 is 22.0. The molecule has 1 aromatic rings. The molecule has 41 heavy (non-hydrogen) atoms. The molecule has 0 saturated heterocycles. The molecule has 0 aliphatic carbocycles. The normalized spacial score (nSPS) is 26.5. The van der Waals surface area contributed by atoms with Crippen molar-refractivity contribution in [1.29, 1.82) is 0 Å². The standard InChI is InChI=1S/C29H41N3O9/c1-15-8-7-9-22(38-5)25(40-28(30)36)17(3)10-18(4)26(41-29(31)37)23(39-6)11-16(2)24(34)19-12-20(32-27(15)35)14-21(33)13-19/h8,10-14,16,18,22,24-26,33-34H,7,9H2,1-6H3,(H2,30,36)(H2,31,37)(H,32,35). The summed E-state index contributed by atoms with van der Waals surface area (Å²) in [5, 5.41) is 24.1. The fourth-order valence-electron chi connectivity index (χ4n) is 4.72. The molecule has 2 bridgehead atoms. The highest BCUT2D eigenvalue weighted by atomic mass is 16.6. The van der Waals surface area contributed by atoms with Crippen LogP contribution in [0.25, 0.3) is 0 Å². The quantitative estimate of drug-likeness (QED) is 0.332. The zero-order valence-electron chi connectivity index (χ0n) is 24.2. The van der Waals surface area contributed by atoms with Crippen LogP contribution in [0.15, 0.2) is 53.3 Å². The molecule has 6 unspecified atom stereocenters. The molecule has 2 rings (SSSR count). The van der Waals surface area contributed by atoms with Crippen LogP contribution in [-0.2, 0) is 23.7 Å². The van der Waals surface area contributed by atoms with Gasteiger partial charge in [0.05, 0.1) is 19.3 Å². The number of anilines is 1. The molecule has 6 atom stereocenters. The molecule has 0 radical (unpaired) electrons. The summed E-state index contributed by atoms with van der Waals surface area (Å²) in [5.41, 5.74) is 12.3. The maximum absolute atomic E-state index is 12.8. The lowest BCUT2D eigenvalue weighted by molar-refractivity contribution is -0.112. The first-order chi connectivity index (χ1) is 19.3. The van der Waals surface area contributed by atoms with Gasteiger partial charge in [0.2, 0.25) is 0 Å². The lowest BCUT2D eigenvalue weighted by atomic mass is 9.92. The van der Waals surface area contributed by atoms with E-state index in [1.54, 1.807) is 52.0 Å². The number of methoxy groups -OCH3 is 2. The van der Waals surface area contributed by atoms with E-state index >= 15 is 0 Å². The Bertz CT molecular complexity index is 1190. The summed E-state index contributed by atoms with van der Waals surface area (Å²) in [6.45, 7) is 6.81. The third-order valence-electron chi connectivity index (χ3n) is 6.82. The van der Waals surface area contributed by atoms with Gasteiger partial charge in [0.1, 0.15) is 11.5 Å². The SMILES string of the molecule is COC1=CC(C)C(O)c2cc(O)cc(c2)NC(=O)C(C)=CCCC(OC)C(OC(N)=O)C(C)=CC(C)C1OC(N)=O. The molecule has 1 heterocycles. The predicted octanol–water partition coefficient (Wildman–Crippen LogP) is 3.80. The van der Waals surface area contributed by atoms with Gasteiger partial charge in [-0.25, -0.2) is 9.59 Å². The van der Waals surface area contributed by atoms with Crippen LogP contribution in [0, 0.1) is 11.8 Å². The van der Waals surface area contributed by atoms with Gasteiger partial charge in [-0.05, 0) is 56.0 Å². The Balaban J connectivity index is 2.69. The molecule has 1 aliphatic rings. The minimum Gasteiger partial charge on any atom is -0.508 e. The number of allylic oxidation sites excluding steroid dienone is 1. The first-order valence-electron chi connectivity index (χ1n) is 13.2. The maximum Gasteiger partial charge on any atom is 0.405 e. The van der Waals surface area contributed by atoms with E-state index in [4.69, 9.17) is 30.4 Å². The average Bonchev–Trinajstić information content (AvgIpc) is 2.89. The Labute approximate surface area is 240 Å². The summed E-state index contributed by atoms with van der Waals surface area (Å²) in [5.74, 6) is -1.51. The average molecular weight is 576 g/mol. The summed E-state index contributed by atoms with van der Waals surface area (Å²) >= 11 is 0. The van der Waals surface area contributed by atoms with Gasteiger partial charge in [0, 0.05) is 36.3 Å². The minimum atomic E-state index is -1.14. The number of phenols is 1. The number of phenolic OH excluding ortho intramolecular Hbond substituents is 1. The first-order valence-corrected chi connectivity index (χ1v) is 13.2. The van der Waals surface area contributed by atoms with Crippen molar-refractivity contribution in [3.8, 4) is 5.75 Å². The van der Waals surface area contributed by atoms with Gasteiger partial charge in [0.15, 0.2) is 12.2 Å². The zero-order valence-corrected chi connectivity index (χ0v) is 24.2. The van der Waals surface area contributed by atoms with Crippen LogP contribution in [0.4, 0.5) is 15.3 Å². The smallest absolute Gasteiger partial charge is 0.405 e. The number of hydrogen-bond acceptors (Lipinski definition) is 9. The fraction of sp³-hybridized carbons (Fsp3) is 0.483. The van der Waals surface area contributed by atoms with E-state index in [9.17, 15) is 24.6 Å². The van der Waals surface area contributed by atoms with Crippen molar-refractivity contribution >= 4 is 23.8 Å². The highest BCUT2D eigenvalue weighted by molar-refractivity contribution is 6.03. The summed E-state index contributed by atoms with van der Waals surface area (Å²) in [7, 11) is 2.85. The van der Waals surface area contributed by atoms with Crippen molar-refractivity contribution in [1.82, 2.24) is 0 Å². The summed E-state index contributed by atoms with van der Waals surface area (Å²) in [6, 6.07) is 4.31. The fourth-order valence-corrected chi connectivity index (χ4v) is 4.72. The number of rotatable bonds is 4. The summed E-state index contributed by atoms with van der Waals surface area (Å²) in [6.07, 6.45) is 0.0643. The number of hydrogen-bond donors (Lipinski definition) is 5. The van der Waals surface area contributed by atoms with Gasteiger partial charge >= 0.3 is 12.2 Å². The minimum absolute atomic E-state index is 0.153. The monoisotopic (exact) mass is 575 g/mol. The molecular weight excluding hydrogens is 534 g/mol. The van der Waals surface area contributed by atoms with Crippen LogP contribution in [0.1, 0.15) is 52.2 Å². The van der Waals surface area contributed by atoms with E-state index in [2.05, 4.69) is 5.32 Å². The van der Waals surface area contributed by atoms with Gasteiger partial charge in [-0.15, -0.1) is 0 Å². The van der Waals surface area contributed by atoms with Crippen LogP contribution in [-0.4, -0.2) is 60.8 Å². The van der Waals surface area contributed by atoms with Gasteiger partial charge < -0.3 is 45.9 Å². The van der Waals surface area contributed by atoms with E-state index in [0.717, 1.165) is 0 Å². The van der Waals surface area contributed by atoms with Crippen LogP contribution < -0.4 is 16.8 Å². The van der Waals surface area contributed by atoms with E-state index < -0.39 is 54.3 Å². The van der Waals surface area contributed by atoms with Gasteiger partial charge in [-0.1, -0.05) is 26.0 Å². The molecule has 0 aromatic heterocycles. The van der Waals surface area contributed by atoms with Crippen molar-refractivity contribution in [2.75, 3.05) is 19.5 Å². The molecule has 0 spiro atoms. The molecule has 7 N–H and O–H groups in total. The number of carbonyl (C=O) groups excluding carboxylic acids is 3. The van der Waals surface area contributed by atoms with Crippen molar-refractivity contribution in [3.05, 3.63) is 58.9 Å². The number of carbonyl (C=O) groups is 3. The molecule has 1 aromatic carbocycles. The Morgan fingerprint density at radius 3 is 2.20 bits per heavy atom.